The van der Waals surface area contributed by atoms with Crippen LogP contribution in [0.3, 0.4) is 0 Å². The van der Waals surface area contributed by atoms with Crippen LogP contribution in [-0.4, -0.2) is 44.9 Å². The van der Waals surface area contributed by atoms with Gasteiger partial charge < -0.3 is 10.0 Å². The quantitative estimate of drug-likeness (QED) is 0.923. The summed E-state index contributed by atoms with van der Waals surface area (Å²) in [6, 6.07) is 9.09. The first-order valence-electron chi connectivity index (χ1n) is 6.84. The number of aryl methyl sites for hydroxylation is 1. The predicted octanol–water partition coefficient (Wildman–Crippen LogP) is 2.04. The molecule has 0 spiro atoms. The molecule has 0 unspecified atom stereocenters. The number of halogens is 1. The van der Waals surface area contributed by atoms with Gasteiger partial charge in [0.1, 0.15) is 0 Å². The van der Waals surface area contributed by atoms with E-state index in [1.165, 1.54) is 0 Å². The van der Waals surface area contributed by atoms with Crippen molar-refractivity contribution in [3.8, 4) is 5.69 Å². The summed E-state index contributed by atoms with van der Waals surface area (Å²) < 4.78 is 1.70. The minimum absolute atomic E-state index is 0.143. The maximum absolute atomic E-state index is 12.4. The zero-order valence-electron chi connectivity index (χ0n) is 11.7. The van der Waals surface area contributed by atoms with Crippen LogP contribution in [-0.2, 0) is 0 Å². The molecule has 21 heavy (non-hydrogen) atoms. The lowest BCUT2D eigenvalue weighted by atomic mass is 10.3. The minimum atomic E-state index is -0.426. The first kappa shape index (κ1) is 14.1. The van der Waals surface area contributed by atoms with Gasteiger partial charge >= 0.3 is 0 Å². The molecule has 1 N–H and O–H groups in total. The number of aliphatic hydroxyl groups is 1. The van der Waals surface area contributed by atoms with Gasteiger partial charge in [0.05, 0.1) is 11.8 Å². The second kappa shape index (κ2) is 5.50. The number of aromatic nitrogens is 2. The van der Waals surface area contributed by atoms with Crippen LogP contribution >= 0.6 is 11.6 Å². The van der Waals surface area contributed by atoms with Crippen molar-refractivity contribution in [3.05, 3.63) is 46.7 Å². The van der Waals surface area contributed by atoms with Crippen molar-refractivity contribution >= 4 is 17.5 Å². The number of β-amino-alcohol motifs (C(OH)–C–C–N with tert-alkyl or cyclic N) is 1. The average molecular weight is 306 g/mol. The molecule has 1 atom stereocenters. The topological polar surface area (TPSA) is 58.4 Å². The number of carbonyl (C=O) groups excluding carboxylic acids is 1. The second-order valence-corrected chi connectivity index (χ2v) is 5.69. The summed E-state index contributed by atoms with van der Waals surface area (Å²) in [5, 5.41) is 14.5. The van der Waals surface area contributed by atoms with E-state index in [4.69, 9.17) is 11.6 Å². The number of nitrogens with zero attached hydrogens (tertiary/aromatic N) is 3. The number of amides is 1. The molecule has 1 saturated heterocycles. The Bertz CT molecular complexity index is 683. The second-order valence-electron chi connectivity index (χ2n) is 5.26. The van der Waals surface area contributed by atoms with E-state index in [0.29, 0.717) is 30.2 Å². The van der Waals surface area contributed by atoms with Gasteiger partial charge in [0.15, 0.2) is 5.69 Å². The Morgan fingerprint density at radius 3 is 2.90 bits per heavy atom. The fraction of sp³-hybridized carbons (Fsp3) is 0.333. The maximum Gasteiger partial charge on any atom is 0.274 e. The van der Waals surface area contributed by atoms with Gasteiger partial charge in [-0.15, -0.1) is 0 Å². The van der Waals surface area contributed by atoms with Crippen LogP contribution in [0.25, 0.3) is 5.69 Å². The summed E-state index contributed by atoms with van der Waals surface area (Å²) in [5.74, 6) is -0.143. The molecule has 3 rings (SSSR count). The average Bonchev–Trinajstić information content (AvgIpc) is 3.04. The first-order valence-corrected chi connectivity index (χ1v) is 7.22. The standard InChI is InChI=1S/C15H16ClN3O2/c1-10-7-14(15(21)18-6-5-13(20)9-18)17-19(10)12-4-2-3-11(16)8-12/h2-4,7-8,13,20H,5-6,9H2,1H3/t13-/m1/s1. The Morgan fingerprint density at radius 1 is 1.43 bits per heavy atom. The highest BCUT2D eigenvalue weighted by atomic mass is 35.5. The van der Waals surface area contributed by atoms with Crippen LogP contribution in [0.1, 0.15) is 22.6 Å². The monoisotopic (exact) mass is 305 g/mol. The fourth-order valence-corrected chi connectivity index (χ4v) is 2.72. The van der Waals surface area contributed by atoms with Crippen LogP contribution in [0.4, 0.5) is 0 Å². The smallest absolute Gasteiger partial charge is 0.274 e. The number of hydrogen-bond donors (Lipinski definition) is 1. The van der Waals surface area contributed by atoms with E-state index in [-0.39, 0.29) is 5.91 Å². The molecule has 1 amide bonds. The summed E-state index contributed by atoms with van der Waals surface area (Å²) in [4.78, 5) is 14.0. The normalized spacial score (nSPS) is 18.2. The Labute approximate surface area is 127 Å². The van der Waals surface area contributed by atoms with Crippen molar-refractivity contribution in [3.63, 3.8) is 0 Å². The van der Waals surface area contributed by atoms with Gasteiger partial charge in [-0.2, -0.15) is 5.10 Å². The Morgan fingerprint density at radius 2 is 2.24 bits per heavy atom. The third kappa shape index (κ3) is 2.80. The van der Waals surface area contributed by atoms with E-state index < -0.39 is 6.10 Å². The molecule has 6 heteroatoms. The van der Waals surface area contributed by atoms with E-state index in [2.05, 4.69) is 5.10 Å². The van der Waals surface area contributed by atoms with Crippen molar-refractivity contribution in [2.75, 3.05) is 13.1 Å². The van der Waals surface area contributed by atoms with Crippen molar-refractivity contribution in [1.29, 1.82) is 0 Å². The lowest BCUT2D eigenvalue weighted by molar-refractivity contribution is 0.0759. The highest BCUT2D eigenvalue weighted by Gasteiger charge is 2.27. The number of hydrogen-bond acceptors (Lipinski definition) is 3. The molecule has 0 bridgehead atoms. The zero-order chi connectivity index (χ0) is 15.0. The van der Waals surface area contributed by atoms with Crippen LogP contribution < -0.4 is 0 Å². The predicted molar refractivity (Wildman–Crippen MR) is 79.8 cm³/mol. The highest BCUT2D eigenvalue weighted by Crippen LogP contribution is 2.18. The van der Waals surface area contributed by atoms with Crippen LogP contribution in [0.2, 0.25) is 5.02 Å². The third-order valence-corrected chi connectivity index (χ3v) is 3.85. The lowest BCUT2D eigenvalue weighted by Gasteiger charge is -2.13. The number of aliphatic hydroxyl groups excluding tert-OH is 1. The fourth-order valence-electron chi connectivity index (χ4n) is 2.54. The van der Waals surface area contributed by atoms with E-state index in [9.17, 15) is 9.90 Å². The highest BCUT2D eigenvalue weighted by molar-refractivity contribution is 6.30. The molecule has 1 aromatic heterocycles. The van der Waals surface area contributed by atoms with Crippen molar-refractivity contribution in [2.45, 2.75) is 19.4 Å². The van der Waals surface area contributed by atoms with E-state index >= 15 is 0 Å². The van der Waals surface area contributed by atoms with Crippen molar-refractivity contribution in [1.82, 2.24) is 14.7 Å². The van der Waals surface area contributed by atoms with Gasteiger partial charge in [-0.05, 0) is 37.6 Å². The summed E-state index contributed by atoms with van der Waals surface area (Å²) in [6.45, 7) is 2.84. The molecule has 0 saturated carbocycles. The van der Waals surface area contributed by atoms with Gasteiger partial charge in [0.25, 0.3) is 5.91 Å². The molecule has 1 fully saturated rings. The number of rotatable bonds is 2. The van der Waals surface area contributed by atoms with E-state index in [1.54, 1.807) is 27.8 Å². The Hall–Kier alpha value is -1.85. The molecule has 0 aliphatic carbocycles. The van der Waals surface area contributed by atoms with E-state index in [0.717, 1.165) is 11.4 Å². The number of benzene rings is 1. The zero-order valence-corrected chi connectivity index (χ0v) is 12.4. The van der Waals surface area contributed by atoms with Crippen LogP contribution in [0.15, 0.2) is 30.3 Å². The summed E-state index contributed by atoms with van der Waals surface area (Å²) in [7, 11) is 0. The number of carbonyl (C=O) groups is 1. The molecule has 1 aliphatic heterocycles. The van der Waals surface area contributed by atoms with Gasteiger partial charge in [0, 0.05) is 23.8 Å². The molecule has 0 radical (unpaired) electrons. The SMILES string of the molecule is Cc1cc(C(=O)N2CC[C@@H](O)C2)nn1-c1cccc(Cl)c1. The molecular weight excluding hydrogens is 290 g/mol. The molecule has 5 nitrogen and oxygen atoms in total. The Kier molecular flexibility index (Phi) is 3.69. The van der Waals surface area contributed by atoms with Gasteiger partial charge in [-0.3, -0.25) is 4.79 Å². The molecule has 1 aromatic carbocycles. The Balaban J connectivity index is 1.89. The summed E-state index contributed by atoms with van der Waals surface area (Å²) >= 11 is 5.99. The van der Waals surface area contributed by atoms with Crippen molar-refractivity contribution < 1.29 is 9.90 Å². The van der Waals surface area contributed by atoms with E-state index in [1.807, 2.05) is 19.1 Å². The molecule has 2 aromatic rings. The number of likely N-dealkylation sites (tertiary alicyclic amines) is 1. The van der Waals surface area contributed by atoms with Gasteiger partial charge in [-0.25, -0.2) is 4.68 Å². The lowest BCUT2D eigenvalue weighted by Crippen LogP contribution is -2.29. The molecule has 2 heterocycles. The van der Waals surface area contributed by atoms with Crippen LogP contribution in [0, 0.1) is 6.92 Å². The third-order valence-electron chi connectivity index (χ3n) is 3.61. The van der Waals surface area contributed by atoms with Crippen molar-refractivity contribution in [2.24, 2.45) is 0 Å². The summed E-state index contributed by atoms with van der Waals surface area (Å²) in [5.41, 5.74) is 2.07. The minimum Gasteiger partial charge on any atom is -0.391 e. The molecule has 110 valence electrons. The first-order chi connectivity index (χ1) is 10.0. The molecular formula is C15H16ClN3O2. The summed E-state index contributed by atoms with van der Waals surface area (Å²) in [6.07, 6.45) is 0.199. The van der Waals surface area contributed by atoms with Crippen LogP contribution in [0.5, 0.6) is 0 Å². The van der Waals surface area contributed by atoms with Gasteiger partial charge in [-0.1, -0.05) is 17.7 Å². The van der Waals surface area contributed by atoms with Gasteiger partial charge in [0.2, 0.25) is 0 Å². The largest absolute Gasteiger partial charge is 0.391 e. The molecule has 1 aliphatic rings. The maximum atomic E-state index is 12.4.